The van der Waals surface area contributed by atoms with Crippen LogP contribution < -0.4 is 0 Å². The fraction of sp³-hybridized carbons (Fsp3) is 0.545. The summed E-state index contributed by atoms with van der Waals surface area (Å²) in [6.07, 6.45) is 18.8. The van der Waals surface area contributed by atoms with Gasteiger partial charge in [0.15, 0.2) is 0 Å². The van der Waals surface area contributed by atoms with Gasteiger partial charge in [0, 0.05) is 6.42 Å². The molecule has 0 aromatic rings. The monoisotopic (exact) mass is 312 g/mol. The summed E-state index contributed by atoms with van der Waals surface area (Å²) < 4.78 is 0. The van der Waals surface area contributed by atoms with Crippen molar-refractivity contribution in [2.75, 3.05) is 0 Å². The van der Waals surface area contributed by atoms with Crippen molar-refractivity contribution in [2.45, 2.75) is 65.7 Å². The summed E-state index contributed by atoms with van der Waals surface area (Å²) in [5.74, 6) is 3.84. The molecule has 0 amide bonds. The van der Waals surface area contributed by atoms with Crippen molar-refractivity contribution in [2.24, 2.45) is 11.8 Å². The zero-order chi connectivity index (χ0) is 17.2. The van der Waals surface area contributed by atoms with E-state index in [1.165, 1.54) is 24.0 Å². The maximum atomic E-state index is 10.4. The normalized spacial score (nSPS) is 22.4. The summed E-state index contributed by atoms with van der Waals surface area (Å²) >= 11 is 0. The van der Waals surface area contributed by atoms with Crippen LogP contribution in [0.25, 0.3) is 0 Å². The highest BCUT2D eigenvalue weighted by atomic mass is 16.3. The van der Waals surface area contributed by atoms with Crippen LogP contribution in [-0.4, -0.2) is 5.11 Å². The Kier molecular flexibility index (Phi) is 8.56. The van der Waals surface area contributed by atoms with Crippen LogP contribution in [0.3, 0.4) is 0 Å². The highest BCUT2D eigenvalue weighted by molar-refractivity contribution is 5.29. The van der Waals surface area contributed by atoms with Crippen molar-refractivity contribution in [3.8, 4) is 12.3 Å². The average Bonchev–Trinajstić information content (AvgIpc) is 2.47. The van der Waals surface area contributed by atoms with E-state index in [1.54, 1.807) is 6.08 Å². The van der Waals surface area contributed by atoms with Crippen LogP contribution in [0.15, 0.2) is 47.3 Å². The molecule has 0 bridgehead atoms. The van der Waals surface area contributed by atoms with Crippen molar-refractivity contribution in [3.05, 3.63) is 47.3 Å². The van der Waals surface area contributed by atoms with E-state index in [9.17, 15) is 5.11 Å². The molecule has 0 aromatic heterocycles. The van der Waals surface area contributed by atoms with Crippen molar-refractivity contribution in [1.82, 2.24) is 0 Å². The molecule has 126 valence electrons. The third-order valence-electron chi connectivity index (χ3n) is 4.63. The smallest absolute Gasteiger partial charge is 0.0931 e. The minimum atomic E-state index is 0.347. The first kappa shape index (κ1) is 19.4. The predicted molar refractivity (Wildman–Crippen MR) is 101 cm³/mol. The molecule has 0 radical (unpaired) electrons. The highest BCUT2D eigenvalue weighted by Crippen LogP contribution is 2.36. The van der Waals surface area contributed by atoms with E-state index in [4.69, 9.17) is 6.42 Å². The number of hydrogen-bond donors (Lipinski definition) is 1. The van der Waals surface area contributed by atoms with Gasteiger partial charge >= 0.3 is 0 Å². The molecule has 0 aromatic carbocycles. The van der Waals surface area contributed by atoms with Crippen molar-refractivity contribution in [3.63, 3.8) is 0 Å². The topological polar surface area (TPSA) is 20.2 Å². The standard InChI is InChI=1S/C22H32O/c1-6-8-9-11-19(10-7-2)15-21(23)16-20-14-18(5)12-13-22(20)17(3)4/h2,10,14-15,20,22-23H,3,6,8-9,11-13,16H2,1,4-5H3/b19-10-,21-15+/t20-,22-/m0/s1. The molecular formula is C22H32O. The summed E-state index contributed by atoms with van der Waals surface area (Å²) in [5.41, 5.74) is 3.69. The minimum Gasteiger partial charge on any atom is -0.512 e. The Morgan fingerprint density at radius 1 is 1.48 bits per heavy atom. The maximum Gasteiger partial charge on any atom is 0.0931 e. The molecule has 1 rings (SSSR count). The summed E-state index contributed by atoms with van der Waals surface area (Å²) in [7, 11) is 0. The Balaban J connectivity index is 2.79. The van der Waals surface area contributed by atoms with Gasteiger partial charge in [-0.3, -0.25) is 0 Å². The molecule has 1 heteroatoms. The number of allylic oxidation sites excluding steroid dienone is 7. The second-order valence-corrected chi connectivity index (χ2v) is 6.85. The first-order chi connectivity index (χ1) is 11.0. The van der Waals surface area contributed by atoms with Gasteiger partial charge in [-0.15, -0.1) is 6.42 Å². The van der Waals surface area contributed by atoms with Crippen LogP contribution >= 0.6 is 0 Å². The van der Waals surface area contributed by atoms with Crippen LogP contribution in [0.5, 0.6) is 0 Å². The molecule has 1 aliphatic carbocycles. The lowest BCUT2D eigenvalue weighted by molar-refractivity contribution is 0.320. The van der Waals surface area contributed by atoms with Gasteiger partial charge in [0.25, 0.3) is 0 Å². The van der Waals surface area contributed by atoms with E-state index in [0.29, 0.717) is 24.0 Å². The van der Waals surface area contributed by atoms with Gasteiger partial charge in [-0.2, -0.15) is 0 Å². The molecule has 1 N–H and O–H groups in total. The largest absolute Gasteiger partial charge is 0.512 e. The van der Waals surface area contributed by atoms with Gasteiger partial charge < -0.3 is 5.11 Å². The van der Waals surface area contributed by atoms with Gasteiger partial charge in [-0.1, -0.05) is 49.5 Å². The second kappa shape index (κ2) is 10.2. The molecule has 0 saturated carbocycles. The van der Waals surface area contributed by atoms with Crippen LogP contribution in [-0.2, 0) is 0 Å². The lowest BCUT2D eigenvalue weighted by Crippen LogP contribution is -2.19. The van der Waals surface area contributed by atoms with Gasteiger partial charge in [-0.05, 0) is 69.1 Å². The average molecular weight is 312 g/mol. The van der Waals surface area contributed by atoms with Gasteiger partial charge in [0.05, 0.1) is 5.76 Å². The maximum absolute atomic E-state index is 10.4. The molecule has 23 heavy (non-hydrogen) atoms. The Bertz CT molecular complexity index is 525. The Hall–Kier alpha value is -1.68. The molecule has 1 nitrogen and oxygen atoms in total. The van der Waals surface area contributed by atoms with E-state index in [0.717, 1.165) is 31.3 Å². The third kappa shape index (κ3) is 6.95. The summed E-state index contributed by atoms with van der Waals surface area (Å²) in [6, 6.07) is 0. The van der Waals surface area contributed by atoms with Crippen molar-refractivity contribution >= 4 is 0 Å². The SMILES string of the molecule is C#C/C=C(\C=C(\O)C[C@@H]1C=C(C)CC[C@H]1C(=C)C)CCCCC. The minimum absolute atomic E-state index is 0.347. The fourth-order valence-electron chi connectivity index (χ4n) is 3.36. The number of rotatable bonds is 8. The summed E-state index contributed by atoms with van der Waals surface area (Å²) in [6.45, 7) is 10.6. The summed E-state index contributed by atoms with van der Waals surface area (Å²) in [4.78, 5) is 0. The quantitative estimate of drug-likeness (QED) is 0.178. The number of terminal acetylenes is 1. The van der Waals surface area contributed by atoms with Crippen LogP contribution in [0, 0.1) is 24.2 Å². The zero-order valence-electron chi connectivity index (χ0n) is 15.1. The zero-order valence-corrected chi connectivity index (χ0v) is 15.1. The predicted octanol–water partition coefficient (Wildman–Crippen LogP) is 6.51. The third-order valence-corrected chi connectivity index (χ3v) is 4.63. The molecule has 0 heterocycles. The van der Waals surface area contributed by atoms with Crippen LogP contribution in [0.2, 0.25) is 0 Å². The number of unbranched alkanes of at least 4 members (excludes halogenated alkanes) is 2. The Labute approximate surface area is 142 Å². The lowest BCUT2D eigenvalue weighted by atomic mass is 9.76. The molecular weight excluding hydrogens is 280 g/mol. The first-order valence-corrected chi connectivity index (χ1v) is 8.85. The van der Waals surface area contributed by atoms with Gasteiger partial charge in [0.1, 0.15) is 0 Å². The molecule has 1 aliphatic rings. The molecule has 0 spiro atoms. The number of aliphatic hydroxyl groups excluding tert-OH is 1. The highest BCUT2D eigenvalue weighted by Gasteiger charge is 2.25. The van der Waals surface area contributed by atoms with Crippen LogP contribution in [0.4, 0.5) is 0 Å². The molecule has 0 saturated heterocycles. The van der Waals surface area contributed by atoms with E-state index >= 15 is 0 Å². The molecule has 2 atom stereocenters. The summed E-state index contributed by atoms with van der Waals surface area (Å²) in [5, 5.41) is 10.4. The van der Waals surface area contributed by atoms with E-state index in [1.807, 2.05) is 6.08 Å². The van der Waals surface area contributed by atoms with Crippen LogP contribution in [0.1, 0.15) is 65.7 Å². The second-order valence-electron chi connectivity index (χ2n) is 6.85. The first-order valence-electron chi connectivity index (χ1n) is 8.85. The molecule has 0 unspecified atom stereocenters. The molecule has 0 fully saturated rings. The number of aliphatic hydroxyl groups is 1. The van der Waals surface area contributed by atoms with Gasteiger partial charge in [-0.25, -0.2) is 0 Å². The lowest BCUT2D eigenvalue weighted by Gasteiger charge is -2.30. The van der Waals surface area contributed by atoms with E-state index in [-0.39, 0.29) is 0 Å². The van der Waals surface area contributed by atoms with E-state index in [2.05, 4.69) is 39.3 Å². The van der Waals surface area contributed by atoms with Gasteiger partial charge in [0.2, 0.25) is 0 Å². The Morgan fingerprint density at radius 2 is 2.22 bits per heavy atom. The fourth-order valence-corrected chi connectivity index (χ4v) is 3.36. The Morgan fingerprint density at radius 3 is 2.83 bits per heavy atom. The number of hydrogen-bond acceptors (Lipinski definition) is 1. The molecule has 0 aliphatic heterocycles. The van der Waals surface area contributed by atoms with Crippen molar-refractivity contribution < 1.29 is 5.11 Å². The van der Waals surface area contributed by atoms with E-state index < -0.39 is 0 Å². The van der Waals surface area contributed by atoms with Crippen molar-refractivity contribution in [1.29, 1.82) is 0 Å².